The summed E-state index contributed by atoms with van der Waals surface area (Å²) in [5, 5.41) is 8.78. The first-order chi connectivity index (χ1) is 6.34. The number of benzene rings is 1. The van der Waals surface area contributed by atoms with Crippen molar-refractivity contribution in [3.63, 3.8) is 0 Å². The zero-order chi connectivity index (χ0) is 8.84. The molecule has 0 radical (unpaired) electrons. The lowest BCUT2D eigenvalue weighted by atomic mass is 10.1. The molecule has 1 heterocycles. The van der Waals surface area contributed by atoms with Crippen LogP contribution < -0.4 is 0 Å². The second-order valence-corrected chi connectivity index (χ2v) is 3.93. The van der Waals surface area contributed by atoms with Crippen LogP contribution in [0.1, 0.15) is 30.0 Å². The quantitative estimate of drug-likeness (QED) is 0.704. The Hall–Kier alpha value is -1.31. The van der Waals surface area contributed by atoms with E-state index in [1.807, 2.05) is 0 Å². The Kier molecular flexibility index (Phi) is 1.29. The van der Waals surface area contributed by atoms with Gasteiger partial charge in [-0.15, -0.1) is 0 Å². The zero-order valence-corrected chi connectivity index (χ0v) is 7.67. The third kappa shape index (κ3) is 1.05. The molecule has 2 aromatic rings. The van der Waals surface area contributed by atoms with Crippen LogP contribution in [0.25, 0.3) is 10.9 Å². The molecule has 66 valence electrons. The lowest BCUT2D eigenvalue weighted by Gasteiger charge is -1.94. The van der Waals surface area contributed by atoms with Crippen molar-refractivity contribution in [1.82, 2.24) is 10.2 Å². The van der Waals surface area contributed by atoms with E-state index in [-0.39, 0.29) is 0 Å². The van der Waals surface area contributed by atoms with Crippen LogP contribution in [0.5, 0.6) is 0 Å². The number of rotatable bonds is 1. The monoisotopic (exact) mass is 172 g/mol. The van der Waals surface area contributed by atoms with Crippen LogP contribution in [0.15, 0.2) is 18.2 Å². The second-order valence-electron chi connectivity index (χ2n) is 3.93. The van der Waals surface area contributed by atoms with Crippen LogP contribution in [-0.4, -0.2) is 10.2 Å². The van der Waals surface area contributed by atoms with Gasteiger partial charge in [0.15, 0.2) is 0 Å². The van der Waals surface area contributed by atoms with E-state index in [9.17, 15) is 0 Å². The largest absolute Gasteiger partial charge is 0.278 e. The van der Waals surface area contributed by atoms with Crippen LogP contribution >= 0.6 is 0 Å². The van der Waals surface area contributed by atoms with Gasteiger partial charge in [-0.25, -0.2) is 0 Å². The van der Waals surface area contributed by atoms with Crippen molar-refractivity contribution < 1.29 is 0 Å². The van der Waals surface area contributed by atoms with Crippen molar-refractivity contribution in [3.8, 4) is 0 Å². The third-order valence-corrected chi connectivity index (χ3v) is 2.71. The number of nitrogens with zero attached hydrogens (tertiary/aromatic N) is 1. The van der Waals surface area contributed by atoms with Gasteiger partial charge in [-0.1, -0.05) is 11.6 Å². The first-order valence-electron chi connectivity index (χ1n) is 4.79. The van der Waals surface area contributed by atoms with E-state index in [0.717, 1.165) is 5.92 Å². The summed E-state index contributed by atoms with van der Waals surface area (Å²) in [6, 6.07) is 6.47. The minimum absolute atomic E-state index is 0.732. The predicted molar refractivity (Wildman–Crippen MR) is 52.8 cm³/mol. The predicted octanol–water partition coefficient (Wildman–Crippen LogP) is 2.75. The Morgan fingerprint density at radius 3 is 3.00 bits per heavy atom. The topological polar surface area (TPSA) is 28.7 Å². The Labute approximate surface area is 77.0 Å². The number of hydrogen-bond acceptors (Lipinski definition) is 1. The van der Waals surface area contributed by atoms with Crippen LogP contribution in [0, 0.1) is 6.92 Å². The molecule has 1 saturated carbocycles. The number of aromatic nitrogens is 2. The summed E-state index contributed by atoms with van der Waals surface area (Å²) in [7, 11) is 0. The minimum atomic E-state index is 0.732. The fourth-order valence-electron chi connectivity index (χ4n) is 1.82. The molecule has 1 aliphatic carbocycles. The van der Waals surface area contributed by atoms with Crippen LogP contribution in [0.2, 0.25) is 0 Å². The molecule has 1 aromatic heterocycles. The van der Waals surface area contributed by atoms with Crippen molar-refractivity contribution in [2.75, 3.05) is 0 Å². The molecule has 13 heavy (non-hydrogen) atoms. The van der Waals surface area contributed by atoms with Gasteiger partial charge in [0.2, 0.25) is 0 Å². The fraction of sp³-hybridized carbons (Fsp3) is 0.364. The molecule has 0 amide bonds. The molecule has 3 rings (SSSR count). The van der Waals surface area contributed by atoms with Gasteiger partial charge in [-0.3, -0.25) is 5.10 Å². The van der Waals surface area contributed by atoms with Gasteiger partial charge in [0.1, 0.15) is 0 Å². The molecule has 0 aliphatic heterocycles. The summed E-state index contributed by atoms with van der Waals surface area (Å²) in [6.45, 7) is 2.13. The lowest BCUT2D eigenvalue weighted by Crippen LogP contribution is -1.79. The first-order valence-corrected chi connectivity index (χ1v) is 4.79. The molecule has 1 fully saturated rings. The van der Waals surface area contributed by atoms with Crippen molar-refractivity contribution in [2.45, 2.75) is 25.7 Å². The van der Waals surface area contributed by atoms with Crippen LogP contribution in [0.3, 0.4) is 0 Å². The molecule has 2 nitrogen and oxygen atoms in total. The van der Waals surface area contributed by atoms with E-state index in [4.69, 9.17) is 0 Å². The molecule has 0 atom stereocenters. The highest BCUT2D eigenvalue weighted by Crippen LogP contribution is 2.41. The fourth-order valence-corrected chi connectivity index (χ4v) is 1.82. The third-order valence-electron chi connectivity index (χ3n) is 2.71. The highest BCUT2D eigenvalue weighted by Gasteiger charge is 2.27. The summed E-state index contributed by atoms with van der Waals surface area (Å²) in [5.74, 6) is 0.732. The van der Waals surface area contributed by atoms with Crippen molar-refractivity contribution in [3.05, 3.63) is 29.5 Å². The molecule has 1 aliphatic rings. The summed E-state index contributed by atoms with van der Waals surface area (Å²) >= 11 is 0. The first kappa shape index (κ1) is 7.13. The average molecular weight is 172 g/mol. The van der Waals surface area contributed by atoms with Crippen molar-refractivity contribution in [1.29, 1.82) is 0 Å². The number of fused-ring (bicyclic) bond motifs is 1. The summed E-state index contributed by atoms with van der Waals surface area (Å²) in [5.41, 5.74) is 3.77. The van der Waals surface area contributed by atoms with E-state index in [0.29, 0.717) is 0 Å². The van der Waals surface area contributed by atoms with E-state index in [1.165, 1.54) is 35.0 Å². The smallest absolute Gasteiger partial charge is 0.0731 e. The van der Waals surface area contributed by atoms with Gasteiger partial charge in [-0.2, -0.15) is 5.10 Å². The number of aryl methyl sites for hydroxylation is 1. The van der Waals surface area contributed by atoms with E-state index in [2.05, 4.69) is 35.3 Å². The van der Waals surface area contributed by atoms with Crippen LogP contribution in [0.4, 0.5) is 0 Å². The standard InChI is InChI=1S/C11H12N2/c1-7-2-5-10-9(6-7)11(13-12-10)8-3-4-8/h2,5-6,8H,3-4H2,1H3,(H,12,13). The molecule has 1 aromatic carbocycles. The van der Waals surface area contributed by atoms with E-state index >= 15 is 0 Å². The summed E-state index contributed by atoms with van der Waals surface area (Å²) in [4.78, 5) is 0. The normalized spacial score (nSPS) is 16.7. The van der Waals surface area contributed by atoms with Gasteiger partial charge in [0.05, 0.1) is 11.2 Å². The summed E-state index contributed by atoms with van der Waals surface area (Å²) < 4.78 is 0. The maximum atomic E-state index is 4.37. The number of hydrogen-bond donors (Lipinski definition) is 1. The SMILES string of the molecule is Cc1ccc2[nH]nc(C3CC3)c2c1. The molecular weight excluding hydrogens is 160 g/mol. The molecular formula is C11H12N2. The average Bonchev–Trinajstić information content (AvgIpc) is 2.87. The van der Waals surface area contributed by atoms with Crippen molar-refractivity contribution in [2.24, 2.45) is 0 Å². The molecule has 2 heteroatoms. The molecule has 1 N–H and O–H groups in total. The Morgan fingerprint density at radius 1 is 1.38 bits per heavy atom. The zero-order valence-electron chi connectivity index (χ0n) is 7.67. The van der Waals surface area contributed by atoms with Crippen LogP contribution in [-0.2, 0) is 0 Å². The summed E-state index contributed by atoms with van der Waals surface area (Å²) in [6.07, 6.45) is 2.63. The maximum Gasteiger partial charge on any atom is 0.0731 e. The second kappa shape index (κ2) is 2.34. The molecule has 0 unspecified atom stereocenters. The van der Waals surface area contributed by atoms with Gasteiger partial charge in [0, 0.05) is 11.3 Å². The molecule has 0 spiro atoms. The number of H-pyrrole nitrogens is 1. The minimum Gasteiger partial charge on any atom is -0.278 e. The van der Waals surface area contributed by atoms with E-state index in [1.54, 1.807) is 0 Å². The molecule has 0 bridgehead atoms. The van der Waals surface area contributed by atoms with Gasteiger partial charge in [-0.05, 0) is 31.9 Å². The molecule has 0 saturated heterocycles. The lowest BCUT2D eigenvalue weighted by molar-refractivity contribution is 0.978. The Morgan fingerprint density at radius 2 is 2.23 bits per heavy atom. The van der Waals surface area contributed by atoms with Gasteiger partial charge >= 0.3 is 0 Å². The van der Waals surface area contributed by atoms with Gasteiger partial charge in [0.25, 0.3) is 0 Å². The Balaban J connectivity index is 2.29. The number of nitrogens with one attached hydrogen (secondary N) is 1. The van der Waals surface area contributed by atoms with Crippen molar-refractivity contribution >= 4 is 10.9 Å². The highest BCUT2D eigenvalue weighted by atomic mass is 15.1. The Bertz CT molecular complexity index is 452. The van der Waals surface area contributed by atoms with E-state index < -0.39 is 0 Å². The number of aromatic amines is 1. The van der Waals surface area contributed by atoms with Gasteiger partial charge < -0.3 is 0 Å². The maximum absolute atomic E-state index is 4.37. The highest BCUT2D eigenvalue weighted by molar-refractivity contribution is 5.82.